The number of anilines is 1. The second-order valence-electron chi connectivity index (χ2n) is 6.33. The summed E-state index contributed by atoms with van der Waals surface area (Å²) in [5.41, 5.74) is 8.80. The average molecular weight is 260 g/mol. The van der Waals surface area contributed by atoms with Crippen LogP contribution in [-0.2, 0) is 0 Å². The first kappa shape index (κ1) is 14.4. The number of nitrogens with zero attached hydrogens (tertiary/aromatic N) is 1. The molecule has 19 heavy (non-hydrogen) atoms. The van der Waals surface area contributed by atoms with Gasteiger partial charge in [0, 0.05) is 24.3 Å². The van der Waals surface area contributed by atoms with Crippen LogP contribution in [0, 0.1) is 5.92 Å². The lowest BCUT2D eigenvalue weighted by Crippen LogP contribution is -2.37. The molecule has 0 bridgehead atoms. The molecule has 0 aromatic heterocycles. The summed E-state index contributed by atoms with van der Waals surface area (Å²) >= 11 is 0. The minimum atomic E-state index is 0.104. The molecular weight excluding hydrogens is 232 g/mol. The summed E-state index contributed by atoms with van der Waals surface area (Å²) in [7, 11) is 0. The lowest BCUT2D eigenvalue weighted by Gasteiger charge is -2.35. The zero-order chi connectivity index (χ0) is 13.8. The molecule has 0 saturated heterocycles. The molecule has 2 N–H and O–H groups in total. The van der Waals surface area contributed by atoms with E-state index in [-0.39, 0.29) is 6.04 Å². The predicted octanol–water partition coefficient (Wildman–Crippen LogP) is 4.11. The molecule has 0 aliphatic heterocycles. The van der Waals surface area contributed by atoms with Gasteiger partial charge in [-0.3, -0.25) is 0 Å². The van der Waals surface area contributed by atoms with Crippen LogP contribution >= 0.6 is 0 Å². The molecule has 0 unspecified atom stereocenters. The lowest BCUT2D eigenvalue weighted by atomic mass is 10.0. The molecule has 2 nitrogen and oxygen atoms in total. The Bertz CT molecular complexity index is 392. The number of hydrogen-bond acceptors (Lipinski definition) is 2. The standard InChI is InChI=1S/C17H28N2/c1-13(2)12-19(15-8-4-5-9-15)17-11-7-6-10-16(17)14(3)18/h6-7,10-11,13-15H,4-5,8-9,12,18H2,1-3H3/t14-/m1/s1. The van der Waals surface area contributed by atoms with E-state index in [1.165, 1.54) is 36.9 Å². The minimum Gasteiger partial charge on any atom is -0.368 e. The van der Waals surface area contributed by atoms with E-state index in [0.717, 1.165) is 6.54 Å². The highest BCUT2D eigenvalue weighted by atomic mass is 15.2. The summed E-state index contributed by atoms with van der Waals surface area (Å²) in [6.45, 7) is 7.82. The van der Waals surface area contributed by atoms with E-state index in [2.05, 4.69) is 49.9 Å². The van der Waals surface area contributed by atoms with Gasteiger partial charge >= 0.3 is 0 Å². The first-order chi connectivity index (χ1) is 9.09. The van der Waals surface area contributed by atoms with Crippen molar-refractivity contribution < 1.29 is 0 Å². The number of rotatable bonds is 5. The maximum atomic E-state index is 6.16. The Morgan fingerprint density at radius 3 is 2.37 bits per heavy atom. The SMILES string of the molecule is CC(C)CN(c1ccccc1[C@@H](C)N)C1CCCC1. The van der Waals surface area contributed by atoms with Gasteiger partial charge in [0.2, 0.25) is 0 Å². The maximum absolute atomic E-state index is 6.16. The molecule has 1 fully saturated rings. The second-order valence-corrected chi connectivity index (χ2v) is 6.33. The minimum absolute atomic E-state index is 0.104. The summed E-state index contributed by atoms with van der Waals surface area (Å²) in [4.78, 5) is 2.62. The molecule has 1 aliphatic rings. The van der Waals surface area contributed by atoms with Crippen LogP contribution in [0.3, 0.4) is 0 Å². The third kappa shape index (κ3) is 3.50. The topological polar surface area (TPSA) is 29.3 Å². The molecular formula is C17H28N2. The van der Waals surface area contributed by atoms with E-state index in [4.69, 9.17) is 5.73 Å². The van der Waals surface area contributed by atoms with Crippen molar-refractivity contribution >= 4 is 5.69 Å². The quantitative estimate of drug-likeness (QED) is 0.863. The number of nitrogens with two attached hydrogens (primary N) is 1. The second kappa shape index (κ2) is 6.42. The van der Waals surface area contributed by atoms with Gasteiger partial charge in [-0.2, -0.15) is 0 Å². The van der Waals surface area contributed by atoms with Crippen molar-refractivity contribution in [3.63, 3.8) is 0 Å². The summed E-state index contributed by atoms with van der Waals surface area (Å²) in [5.74, 6) is 0.682. The summed E-state index contributed by atoms with van der Waals surface area (Å²) in [6.07, 6.45) is 5.42. The van der Waals surface area contributed by atoms with Gasteiger partial charge in [0.25, 0.3) is 0 Å². The molecule has 2 heteroatoms. The van der Waals surface area contributed by atoms with E-state index in [0.29, 0.717) is 12.0 Å². The van der Waals surface area contributed by atoms with Crippen LogP contribution < -0.4 is 10.6 Å². The zero-order valence-electron chi connectivity index (χ0n) is 12.6. The molecule has 0 heterocycles. The fourth-order valence-corrected chi connectivity index (χ4v) is 3.19. The third-order valence-corrected chi connectivity index (χ3v) is 4.06. The fourth-order valence-electron chi connectivity index (χ4n) is 3.19. The van der Waals surface area contributed by atoms with Gasteiger partial charge in [0.15, 0.2) is 0 Å². The molecule has 1 saturated carbocycles. The van der Waals surface area contributed by atoms with E-state index in [9.17, 15) is 0 Å². The highest BCUT2D eigenvalue weighted by molar-refractivity contribution is 5.55. The molecule has 106 valence electrons. The van der Waals surface area contributed by atoms with Gasteiger partial charge in [-0.05, 0) is 37.3 Å². The van der Waals surface area contributed by atoms with Crippen molar-refractivity contribution in [2.45, 2.75) is 58.5 Å². The molecule has 1 aromatic carbocycles. The van der Waals surface area contributed by atoms with Crippen LogP contribution in [-0.4, -0.2) is 12.6 Å². The summed E-state index contributed by atoms with van der Waals surface area (Å²) in [6, 6.07) is 9.49. The van der Waals surface area contributed by atoms with Gasteiger partial charge < -0.3 is 10.6 Å². The lowest BCUT2D eigenvalue weighted by molar-refractivity contribution is 0.533. The van der Waals surface area contributed by atoms with Crippen LogP contribution in [0.15, 0.2) is 24.3 Å². The monoisotopic (exact) mass is 260 g/mol. The Morgan fingerprint density at radius 1 is 1.16 bits per heavy atom. The smallest absolute Gasteiger partial charge is 0.0417 e. The van der Waals surface area contributed by atoms with Crippen LogP contribution in [0.1, 0.15) is 58.1 Å². The Hall–Kier alpha value is -1.02. The van der Waals surface area contributed by atoms with Crippen LogP contribution in [0.25, 0.3) is 0 Å². The number of hydrogen-bond donors (Lipinski definition) is 1. The highest BCUT2D eigenvalue weighted by Crippen LogP contribution is 2.33. The average Bonchev–Trinajstić information content (AvgIpc) is 2.89. The zero-order valence-corrected chi connectivity index (χ0v) is 12.6. The molecule has 1 atom stereocenters. The van der Waals surface area contributed by atoms with E-state index < -0.39 is 0 Å². The molecule has 2 rings (SSSR count). The number of benzene rings is 1. The number of para-hydroxylation sites is 1. The maximum Gasteiger partial charge on any atom is 0.0417 e. The van der Waals surface area contributed by atoms with Gasteiger partial charge in [0.1, 0.15) is 0 Å². The first-order valence-electron chi connectivity index (χ1n) is 7.70. The van der Waals surface area contributed by atoms with Crippen molar-refractivity contribution in [2.24, 2.45) is 11.7 Å². The van der Waals surface area contributed by atoms with Crippen molar-refractivity contribution in [3.8, 4) is 0 Å². The van der Waals surface area contributed by atoms with Crippen molar-refractivity contribution in [3.05, 3.63) is 29.8 Å². The molecule has 0 spiro atoms. The van der Waals surface area contributed by atoms with Crippen molar-refractivity contribution in [1.82, 2.24) is 0 Å². The van der Waals surface area contributed by atoms with Gasteiger partial charge in [-0.1, -0.05) is 44.9 Å². The summed E-state index contributed by atoms with van der Waals surface area (Å²) < 4.78 is 0. The Kier molecular flexibility index (Phi) is 4.87. The van der Waals surface area contributed by atoms with Crippen molar-refractivity contribution in [1.29, 1.82) is 0 Å². The normalized spacial score (nSPS) is 17.9. The Balaban J connectivity index is 2.31. The molecule has 0 amide bonds. The van der Waals surface area contributed by atoms with Crippen molar-refractivity contribution in [2.75, 3.05) is 11.4 Å². The molecule has 0 radical (unpaired) electrons. The Morgan fingerprint density at radius 2 is 1.79 bits per heavy atom. The Labute approximate surface area is 118 Å². The van der Waals surface area contributed by atoms with Gasteiger partial charge in [-0.15, -0.1) is 0 Å². The first-order valence-corrected chi connectivity index (χ1v) is 7.70. The molecule has 1 aromatic rings. The van der Waals surface area contributed by atoms with E-state index in [1.807, 2.05) is 0 Å². The largest absolute Gasteiger partial charge is 0.368 e. The summed E-state index contributed by atoms with van der Waals surface area (Å²) in [5, 5.41) is 0. The predicted molar refractivity (Wildman–Crippen MR) is 83.5 cm³/mol. The van der Waals surface area contributed by atoms with E-state index >= 15 is 0 Å². The van der Waals surface area contributed by atoms with Gasteiger partial charge in [-0.25, -0.2) is 0 Å². The van der Waals surface area contributed by atoms with Gasteiger partial charge in [0.05, 0.1) is 0 Å². The van der Waals surface area contributed by atoms with E-state index in [1.54, 1.807) is 0 Å². The van der Waals surface area contributed by atoms with Crippen LogP contribution in [0.4, 0.5) is 5.69 Å². The highest BCUT2D eigenvalue weighted by Gasteiger charge is 2.25. The molecule has 1 aliphatic carbocycles. The van der Waals surface area contributed by atoms with Crippen LogP contribution in [0.5, 0.6) is 0 Å². The fraction of sp³-hybridized carbons (Fsp3) is 0.647. The third-order valence-electron chi connectivity index (χ3n) is 4.06. The van der Waals surface area contributed by atoms with Crippen LogP contribution in [0.2, 0.25) is 0 Å².